The number of fused-ring (bicyclic) bond motifs is 1. The molecule has 1 aliphatic heterocycles. The summed E-state index contributed by atoms with van der Waals surface area (Å²) in [6, 6.07) is 17.1. The van der Waals surface area contributed by atoms with E-state index in [0.29, 0.717) is 6.04 Å². The van der Waals surface area contributed by atoms with Crippen molar-refractivity contribution in [3.05, 3.63) is 70.7 Å². The number of anilines is 1. The highest BCUT2D eigenvalue weighted by Gasteiger charge is 2.24. The van der Waals surface area contributed by atoms with Crippen LogP contribution >= 0.6 is 11.3 Å². The standard InChI is InChI=1S/C24H27N5OS.C2H2O4/c1-30-21-8-6-18(7-9-21)10-12-28-13-11-19(14-28)26-24-27-22-4-2-3-5-23(22)29(24)15-20-16-31-17-25-20;3-1(4)2(5)6/h2-9,16-17,19H,10-15H2,1H3,(H,26,27);(H,3,4)(H,5,6). The van der Waals surface area contributed by atoms with Crippen molar-refractivity contribution in [1.82, 2.24) is 19.4 Å². The van der Waals surface area contributed by atoms with E-state index in [1.54, 1.807) is 18.4 Å². The molecule has 0 spiro atoms. The molecule has 0 saturated carbocycles. The van der Waals surface area contributed by atoms with Gasteiger partial charge < -0.3 is 29.7 Å². The van der Waals surface area contributed by atoms with Crippen molar-refractivity contribution < 1.29 is 24.5 Å². The molecule has 1 atom stereocenters. The predicted octanol–water partition coefficient (Wildman–Crippen LogP) is 3.43. The Morgan fingerprint density at radius 2 is 1.89 bits per heavy atom. The first-order valence-electron chi connectivity index (χ1n) is 11.8. The van der Waals surface area contributed by atoms with E-state index in [1.165, 1.54) is 5.56 Å². The van der Waals surface area contributed by atoms with Crippen LogP contribution in [0, 0.1) is 0 Å². The van der Waals surface area contributed by atoms with Gasteiger partial charge in [-0.3, -0.25) is 0 Å². The van der Waals surface area contributed by atoms with Gasteiger partial charge in [0, 0.05) is 31.1 Å². The minimum atomic E-state index is -1.82. The maximum Gasteiger partial charge on any atom is 0.414 e. The third-order valence-electron chi connectivity index (χ3n) is 6.12. The number of aliphatic carboxylic acids is 2. The first-order chi connectivity index (χ1) is 17.9. The first-order valence-corrected chi connectivity index (χ1v) is 12.8. The van der Waals surface area contributed by atoms with Gasteiger partial charge in [-0.25, -0.2) is 19.6 Å². The molecule has 4 aromatic rings. The summed E-state index contributed by atoms with van der Waals surface area (Å²) in [4.78, 5) is 30.1. The fraction of sp³-hybridized carbons (Fsp3) is 0.308. The Bertz CT molecular complexity index is 1310. The molecule has 1 fully saturated rings. The number of carboxylic acid groups (broad SMARTS) is 2. The third kappa shape index (κ3) is 7.05. The van der Waals surface area contributed by atoms with Crippen molar-refractivity contribution in [2.75, 3.05) is 32.1 Å². The number of para-hydroxylation sites is 2. The van der Waals surface area contributed by atoms with Crippen LogP contribution in [0.25, 0.3) is 11.0 Å². The fourth-order valence-corrected chi connectivity index (χ4v) is 4.79. The summed E-state index contributed by atoms with van der Waals surface area (Å²) in [6.45, 7) is 3.95. The number of hydrogen-bond donors (Lipinski definition) is 3. The van der Waals surface area contributed by atoms with Crippen LogP contribution in [-0.2, 0) is 22.6 Å². The molecule has 5 rings (SSSR count). The lowest BCUT2D eigenvalue weighted by molar-refractivity contribution is -0.159. The monoisotopic (exact) mass is 523 g/mol. The molecule has 1 aliphatic rings. The van der Waals surface area contributed by atoms with Gasteiger partial charge in [0.2, 0.25) is 5.95 Å². The molecule has 0 bridgehead atoms. The smallest absolute Gasteiger partial charge is 0.414 e. The number of methoxy groups -OCH3 is 1. The Hall–Kier alpha value is -3.96. The second-order valence-corrected chi connectivity index (χ2v) is 9.35. The molecule has 0 aliphatic carbocycles. The highest BCUT2D eigenvalue weighted by atomic mass is 32.1. The molecular weight excluding hydrogens is 494 g/mol. The van der Waals surface area contributed by atoms with Gasteiger partial charge in [0.1, 0.15) is 5.75 Å². The predicted molar refractivity (Wildman–Crippen MR) is 141 cm³/mol. The average Bonchev–Trinajstić information content (AvgIpc) is 3.65. The number of imidazole rings is 1. The van der Waals surface area contributed by atoms with E-state index < -0.39 is 11.9 Å². The zero-order chi connectivity index (χ0) is 26.2. The zero-order valence-electron chi connectivity index (χ0n) is 20.4. The van der Waals surface area contributed by atoms with Gasteiger partial charge in [-0.05, 0) is 42.7 Å². The summed E-state index contributed by atoms with van der Waals surface area (Å²) in [5.41, 5.74) is 6.48. The van der Waals surface area contributed by atoms with Crippen LogP contribution in [-0.4, -0.2) is 74.4 Å². The van der Waals surface area contributed by atoms with Crippen molar-refractivity contribution in [3.63, 3.8) is 0 Å². The molecule has 11 heteroatoms. The van der Waals surface area contributed by atoms with Gasteiger partial charge in [-0.15, -0.1) is 11.3 Å². The first kappa shape index (κ1) is 26.1. The lowest BCUT2D eigenvalue weighted by atomic mass is 10.1. The minimum Gasteiger partial charge on any atom is -0.497 e. The zero-order valence-corrected chi connectivity index (χ0v) is 21.2. The minimum absolute atomic E-state index is 0.405. The van der Waals surface area contributed by atoms with Crippen LogP contribution in [0.15, 0.2) is 59.4 Å². The van der Waals surface area contributed by atoms with E-state index in [0.717, 1.165) is 67.4 Å². The van der Waals surface area contributed by atoms with E-state index in [-0.39, 0.29) is 0 Å². The molecule has 0 radical (unpaired) electrons. The Kier molecular flexibility index (Phi) is 8.70. The van der Waals surface area contributed by atoms with Gasteiger partial charge >= 0.3 is 11.9 Å². The van der Waals surface area contributed by atoms with Crippen molar-refractivity contribution in [2.24, 2.45) is 0 Å². The number of carboxylic acids is 2. The number of nitrogens with zero attached hydrogens (tertiary/aromatic N) is 4. The van der Waals surface area contributed by atoms with Gasteiger partial charge in [-0.1, -0.05) is 24.3 Å². The Morgan fingerprint density at radius 3 is 2.57 bits per heavy atom. The summed E-state index contributed by atoms with van der Waals surface area (Å²) in [6.07, 6.45) is 2.18. The van der Waals surface area contributed by atoms with E-state index in [2.05, 4.69) is 55.5 Å². The summed E-state index contributed by atoms with van der Waals surface area (Å²) >= 11 is 1.63. The summed E-state index contributed by atoms with van der Waals surface area (Å²) in [7, 11) is 1.71. The molecule has 2 aromatic carbocycles. The topological polar surface area (TPSA) is 130 Å². The summed E-state index contributed by atoms with van der Waals surface area (Å²) in [5.74, 6) is -1.80. The molecule has 1 saturated heterocycles. The average molecular weight is 524 g/mol. The highest BCUT2D eigenvalue weighted by molar-refractivity contribution is 7.07. The largest absolute Gasteiger partial charge is 0.497 e. The van der Waals surface area contributed by atoms with Crippen molar-refractivity contribution in [3.8, 4) is 5.75 Å². The maximum absolute atomic E-state index is 9.10. The number of rotatable bonds is 8. The molecule has 1 unspecified atom stereocenters. The Morgan fingerprint density at radius 1 is 1.14 bits per heavy atom. The second-order valence-electron chi connectivity index (χ2n) is 8.63. The molecule has 37 heavy (non-hydrogen) atoms. The van der Waals surface area contributed by atoms with Crippen LogP contribution in [0.1, 0.15) is 17.7 Å². The quantitative estimate of drug-likeness (QED) is 0.297. The van der Waals surface area contributed by atoms with Gasteiger partial charge in [-0.2, -0.15) is 0 Å². The second kappa shape index (κ2) is 12.3. The number of ether oxygens (including phenoxy) is 1. The normalized spacial score (nSPS) is 15.2. The molecule has 10 nitrogen and oxygen atoms in total. The molecule has 3 heterocycles. The molecule has 0 amide bonds. The highest BCUT2D eigenvalue weighted by Crippen LogP contribution is 2.24. The number of hydrogen-bond acceptors (Lipinski definition) is 8. The summed E-state index contributed by atoms with van der Waals surface area (Å²) < 4.78 is 7.51. The number of thiazole rings is 1. The lowest BCUT2D eigenvalue weighted by Crippen LogP contribution is -2.28. The summed E-state index contributed by atoms with van der Waals surface area (Å²) in [5, 5.41) is 20.6. The number of likely N-dealkylation sites (tertiary alicyclic amines) is 1. The Labute approximate surface area is 218 Å². The number of aromatic nitrogens is 3. The van der Waals surface area contributed by atoms with Crippen molar-refractivity contribution in [1.29, 1.82) is 0 Å². The number of nitrogens with one attached hydrogen (secondary N) is 1. The molecule has 3 N–H and O–H groups in total. The fourth-order valence-electron chi connectivity index (χ4n) is 4.24. The van der Waals surface area contributed by atoms with E-state index in [1.807, 2.05) is 23.7 Å². The molecular formula is C26H29N5O5S. The maximum atomic E-state index is 9.10. The Balaban J connectivity index is 0.000000480. The van der Waals surface area contributed by atoms with Crippen molar-refractivity contribution >= 4 is 40.3 Å². The van der Waals surface area contributed by atoms with Crippen LogP contribution in [0.5, 0.6) is 5.75 Å². The van der Waals surface area contributed by atoms with Crippen molar-refractivity contribution in [2.45, 2.75) is 25.4 Å². The van der Waals surface area contributed by atoms with Gasteiger partial charge in [0.05, 0.1) is 35.9 Å². The van der Waals surface area contributed by atoms with Crippen LogP contribution in [0.2, 0.25) is 0 Å². The molecule has 2 aromatic heterocycles. The van der Waals surface area contributed by atoms with E-state index in [9.17, 15) is 0 Å². The lowest BCUT2D eigenvalue weighted by Gasteiger charge is -2.18. The van der Waals surface area contributed by atoms with Crippen LogP contribution in [0.3, 0.4) is 0 Å². The molecule has 194 valence electrons. The SMILES string of the molecule is COc1ccc(CCN2CCC(Nc3nc4ccccc4n3Cc3cscn3)C2)cc1.O=C(O)C(=O)O. The van der Waals surface area contributed by atoms with Gasteiger partial charge in [0.25, 0.3) is 0 Å². The number of carbonyl (C=O) groups is 2. The third-order valence-corrected chi connectivity index (χ3v) is 6.76. The van der Waals surface area contributed by atoms with Crippen LogP contribution < -0.4 is 10.1 Å². The van der Waals surface area contributed by atoms with Gasteiger partial charge in [0.15, 0.2) is 0 Å². The number of benzene rings is 2. The van der Waals surface area contributed by atoms with Crippen LogP contribution in [0.4, 0.5) is 5.95 Å². The van der Waals surface area contributed by atoms with E-state index >= 15 is 0 Å². The van der Waals surface area contributed by atoms with E-state index in [4.69, 9.17) is 29.5 Å².